The van der Waals surface area contributed by atoms with Crippen molar-refractivity contribution in [2.24, 2.45) is 0 Å². The van der Waals surface area contributed by atoms with Crippen LogP contribution in [0, 0.1) is 0 Å². The Bertz CT molecular complexity index is 112. The third-order valence-corrected chi connectivity index (χ3v) is 1.38. The van der Waals surface area contributed by atoms with Gasteiger partial charge in [-0.2, -0.15) is 0 Å². The van der Waals surface area contributed by atoms with Crippen molar-refractivity contribution in [2.45, 2.75) is 26.4 Å². The zero-order valence-corrected chi connectivity index (χ0v) is 7.42. The molecule has 0 heterocycles. The summed E-state index contributed by atoms with van der Waals surface area (Å²) >= 11 is 0. The molecule has 0 aromatic carbocycles. The number of Topliss-reactive ketones (excluding diaryl/α,β-unsaturated/α-hetero) is 1. The van der Waals surface area contributed by atoms with Crippen LogP contribution in [0.2, 0.25) is 0 Å². The summed E-state index contributed by atoms with van der Waals surface area (Å²) in [6.07, 6.45) is 0.440. The van der Waals surface area contributed by atoms with Crippen molar-refractivity contribution in [3.05, 3.63) is 0 Å². The van der Waals surface area contributed by atoms with Gasteiger partial charge in [0.25, 0.3) is 0 Å². The van der Waals surface area contributed by atoms with Gasteiger partial charge in [-0.1, -0.05) is 6.92 Å². The Morgan fingerprint density at radius 2 is 2.09 bits per heavy atom. The molecular formula is C8H16O3. The summed E-state index contributed by atoms with van der Waals surface area (Å²) in [5.74, 6) is 0.0249. The maximum atomic E-state index is 11.1. The summed E-state index contributed by atoms with van der Waals surface area (Å²) in [7, 11) is 1.51. The fourth-order valence-electron chi connectivity index (χ4n) is 0.875. The highest BCUT2D eigenvalue weighted by atomic mass is 16.5. The second-order valence-electron chi connectivity index (χ2n) is 2.25. The van der Waals surface area contributed by atoms with Gasteiger partial charge in [-0.05, 0) is 13.3 Å². The summed E-state index contributed by atoms with van der Waals surface area (Å²) < 4.78 is 9.88. The number of ether oxygens (including phenoxy) is 2. The minimum absolute atomic E-state index is 0.0249. The smallest absolute Gasteiger partial charge is 0.187 e. The second-order valence-corrected chi connectivity index (χ2v) is 2.25. The topological polar surface area (TPSA) is 35.5 Å². The molecule has 0 N–H and O–H groups in total. The Labute approximate surface area is 67.7 Å². The third kappa shape index (κ3) is 4.11. The van der Waals surface area contributed by atoms with Crippen LogP contribution in [-0.4, -0.2) is 32.2 Å². The minimum Gasteiger partial charge on any atom is -0.377 e. The molecule has 0 aliphatic heterocycles. The number of rotatable bonds is 6. The predicted octanol–water partition coefficient (Wildman–Crippen LogP) is 1.02. The quantitative estimate of drug-likeness (QED) is 0.582. The van der Waals surface area contributed by atoms with Crippen LogP contribution >= 0.6 is 0 Å². The zero-order chi connectivity index (χ0) is 8.69. The first kappa shape index (κ1) is 10.6. The second kappa shape index (κ2) is 6.31. The van der Waals surface area contributed by atoms with E-state index in [1.54, 1.807) is 0 Å². The fraction of sp³-hybridized carbons (Fsp3) is 0.875. The van der Waals surface area contributed by atoms with E-state index >= 15 is 0 Å². The van der Waals surface area contributed by atoms with E-state index in [0.29, 0.717) is 6.61 Å². The van der Waals surface area contributed by atoms with Gasteiger partial charge in [0.15, 0.2) is 5.78 Å². The van der Waals surface area contributed by atoms with Crippen molar-refractivity contribution in [1.82, 2.24) is 0 Å². The third-order valence-electron chi connectivity index (χ3n) is 1.38. The van der Waals surface area contributed by atoms with Crippen LogP contribution in [0.5, 0.6) is 0 Å². The van der Waals surface area contributed by atoms with Gasteiger partial charge in [0.05, 0.1) is 0 Å². The molecule has 0 aromatic heterocycles. The lowest BCUT2D eigenvalue weighted by atomic mass is 10.2. The first-order valence-corrected chi connectivity index (χ1v) is 3.89. The zero-order valence-electron chi connectivity index (χ0n) is 7.42. The number of hydrogen-bond acceptors (Lipinski definition) is 3. The van der Waals surface area contributed by atoms with Crippen molar-refractivity contribution in [2.75, 3.05) is 20.3 Å². The van der Waals surface area contributed by atoms with Crippen LogP contribution in [0.1, 0.15) is 20.3 Å². The molecule has 1 atom stereocenters. The van der Waals surface area contributed by atoms with E-state index in [-0.39, 0.29) is 18.5 Å². The first-order chi connectivity index (χ1) is 5.26. The average molecular weight is 160 g/mol. The Balaban J connectivity index is 3.71. The molecule has 3 heteroatoms. The molecule has 3 nitrogen and oxygen atoms in total. The first-order valence-electron chi connectivity index (χ1n) is 3.89. The van der Waals surface area contributed by atoms with Crippen LogP contribution in [-0.2, 0) is 14.3 Å². The largest absolute Gasteiger partial charge is 0.377 e. The molecule has 0 fully saturated rings. The van der Waals surface area contributed by atoms with Gasteiger partial charge in [-0.3, -0.25) is 4.79 Å². The highest BCUT2D eigenvalue weighted by Gasteiger charge is 2.14. The lowest BCUT2D eigenvalue weighted by Crippen LogP contribution is -2.26. The molecule has 0 spiro atoms. The molecule has 11 heavy (non-hydrogen) atoms. The molecular weight excluding hydrogens is 144 g/mol. The Kier molecular flexibility index (Phi) is 6.07. The van der Waals surface area contributed by atoms with Gasteiger partial charge in [0.2, 0.25) is 0 Å². The number of carbonyl (C=O) groups is 1. The maximum absolute atomic E-state index is 11.1. The Hall–Kier alpha value is -0.410. The Morgan fingerprint density at radius 1 is 1.45 bits per heavy atom. The standard InChI is InChI=1S/C8H16O3/c1-4-8(11-5-2)7(9)6-10-3/h8H,4-6H2,1-3H3. The van der Waals surface area contributed by atoms with Gasteiger partial charge >= 0.3 is 0 Å². The number of ketones is 1. The minimum atomic E-state index is -0.278. The van der Waals surface area contributed by atoms with E-state index in [9.17, 15) is 4.79 Å². The lowest BCUT2D eigenvalue weighted by Gasteiger charge is -2.12. The van der Waals surface area contributed by atoms with E-state index < -0.39 is 0 Å². The number of carbonyl (C=O) groups excluding carboxylic acids is 1. The molecule has 0 radical (unpaired) electrons. The Morgan fingerprint density at radius 3 is 2.45 bits per heavy atom. The molecule has 0 bridgehead atoms. The molecule has 0 aromatic rings. The fourth-order valence-corrected chi connectivity index (χ4v) is 0.875. The van der Waals surface area contributed by atoms with Crippen LogP contribution in [0.25, 0.3) is 0 Å². The molecule has 0 saturated carbocycles. The molecule has 66 valence electrons. The van der Waals surface area contributed by atoms with E-state index in [1.165, 1.54) is 7.11 Å². The molecule has 0 aliphatic carbocycles. The van der Waals surface area contributed by atoms with Gasteiger partial charge in [-0.25, -0.2) is 0 Å². The summed E-state index contributed by atoms with van der Waals surface area (Å²) in [6.45, 7) is 4.53. The molecule has 0 amide bonds. The van der Waals surface area contributed by atoms with Gasteiger partial charge < -0.3 is 9.47 Å². The van der Waals surface area contributed by atoms with Crippen molar-refractivity contribution < 1.29 is 14.3 Å². The van der Waals surface area contributed by atoms with E-state index in [0.717, 1.165) is 6.42 Å². The van der Waals surface area contributed by atoms with Crippen LogP contribution < -0.4 is 0 Å². The monoisotopic (exact) mass is 160 g/mol. The highest BCUT2D eigenvalue weighted by molar-refractivity contribution is 5.84. The van der Waals surface area contributed by atoms with Gasteiger partial charge in [-0.15, -0.1) is 0 Å². The maximum Gasteiger partial charge on any atom is 0.187 e. The summed E-state index contributed by atoms with van der Waals surface area (Å²) in [5, 5.41) is 0. The van der Waals surface area contributed by atoms with Crippen molar-refractivity contribution >= 4 is 5.78 Å². The van der Waals surface area contributed by atoms with Gasteiger partial charge in [0.1, 0.15) is 12.7 Å². The molecule has 0 rings (SSSR count). The lowest BCUT2D eigenvalue weighted by molar-refractivity contribution is -0.134. The molecule has 0 aliphatic rings. The van der Waals surface area contributed by atoms with Crippen LogP contribution in [0.15, 0.2) is 0 Å². The molecule has 0 saturated heterocycles. The van der Waals surface area contributed by atoms with E-state index in [4.69, 9.17) is 9.47 Å². The van der Waals surface area contributed by atoms with Crippen molar-refractivity contribution in [1.29, 1.82) is 0 Å². The normalized spacial score (nSPS) is 13.0. The van der Waals surface area contributed by atoms with E-state index in [2.05, 4.69) is 0 Å². The van der Waals surface area contributed by atoms with Crippen LogP contribution in [0.4, 0.5) is 0 Å². The van der Waals surface area contributed by atoms with Crippen molar-refractivity contribution in [3.8, 4) is 0 Å². The SMILES string of the molecule is CCOC(CC)C(=O)COC. The summed E-state index contributed by atoms with van der Waals surface area (Å²) in [4.78, 5) is 11.1. The van der Waals surface area contributed by atoms with Gasteiger partial charge in [0, 0.05) is 13.7 Å². The van der Waals surface area contributed by atoms with Crippen LogP contribution in [0.3, 0.4) is 0 Å². The summed E-state index contributed by atoms with van der Waals surface area (Å²) in [6, 6.07) is 0. The summed E-state index contributed by atoms with van der Waals surface area (Å²) in [5.41, 5.74) is 0. The highest BCUT2D eigenvalue weighted by Crippen LogP contribution is 1.99. The average Bonchev–Trinajstić information content (AvgIpc) is 2.00. The van der Waals surface area contributed by atoms with Crippen molar-refractivity contribution in [3.63, 3.8) is 0 Å². The molecule has 1 unspecified atom stereocenters. The van der Waals surface area contributed by atoms with E-state index in [1.807, 2.05) is 13.8 Å². The predicted molar refractivity (Wildman–Crippen MR) is 42.6 cm³/mol. The number of methoxy groups -OCH3 is 1. The number of hydrogen-bond donors (Lipinski definition) is 0.